The first-order valence-electron chi connectivity index (χ1n) is 9.40. The number of carbonyl (C=O) groups is 1. The van der Waals surface area contributed by atoms with Crippen LogP contribution in [0.5, 0.6) is 0 Å². The molecule has 0 aliphatic carbocycles. The molecule has 2 aromatic rings. The van der Waals surface area contributed by atoms with Crippen LogP contribution in [0.25, 0.3) is 0 Å². The number of hydrogen-bond acceptors (Lipinski definition) is 4. The molecule has 6 rings (SSSR count). The Kier molecular flexibility index (Phi) is 3.99. The summed E-state index contributed by atoms with van der Waals surface area (Å²) in [5.41, 5.74) is 1.45. The van der Waals surface area contributed by atoms with Crippen LogP contribution in [-0.4, -0.2) is 46.9 Å². The third-order valence-corrected chi connectivity index (χ3v) is 7.34. The molecule has 1 N–H and O–H groups in total. The van der Waals surface area contributed by atoms with E-state index in [0.29, 0.717) is 5.92 Å². The van der Waals surface area contributed by atoms with Gasteiger partial charge >= 0.3 is 0 Å². The van der Waals surface area contributed by atoms with Gasteiger partial charge in [-0.1, -0.05) is 40.2 Å². The van der Waals surface area contributed by atoms with Crippen molar-refractivity contribution < 1.29 is 4.79 Å². The van der Waals surface area contributed by atoms with Crippen molar-refractivity contribution in [1.82, 2.24) is 15.2 Å². The summed E-state index contributed by atoms with van der Waals surface area (Å²) in [6.07, 6.45) is 6.11. The van der Waals surface area contributed by atoms with E-state index in [9.17, 15) is 4.79 Å². The van der Waals surface area contributed by atoms with Gasteiger partial charge in [-0.05, 0) is 49.5 Å². The van der Waals surface area contributed by atoms with E-state index in [1.54, 1.807) is 6.20 Å². The summed E-state index contributed by atoms with van der Waals surface area (Å²) >= 11 is 3.61. The molecule has 4 aliphatic rings. The minimum atomic E-state index is -0.506. The van der Waals surface area contributed by atoms with Gasteiger partial charge in [-0.25, -0.2) is 0 Å². The molecular formula is C21H22BrN3O. The van der Waals surface area contributed by atoms with Crippen LogP contribution in [0.15, 0.2) is 53.3 Å². The quantitative estimate of drug-likeness (QED) is 0.787. The molecule has 5 heteroatoms. The molecule has 3 atom stereocenters. The van der Waals surface area contributed by atoms with Crippen LogP contribution < -0.4 is 5.32 Å². The fourth-order valence-corrected chi connectivity index (χ4v) is 6.04. The fraction of sp³-hybridized carbons (Fsp3) is 0.429. The maximum Gasteiger partial charge on any atom is 0.186 e. The van der Waals surface area contributed by atoms with Gasteiger partial charge < -0.3 is 5.32 Å². The number of pyridine rings is 1. The molecule has 2 bridgehead atoms. The van der Waals surface area contributed by atoms with Crippen molar-refractivity contribution in [2.24, 2.45) is 5.92 Å². The number of Topliss-reactive ketones (excluding diaryl/α,β-unsaturated/α-hetero) is 1. The number of halogens is 1. The van der Waals surface area contributed by atoms with Gasteiger partial charge in [0.2, 0.25) is 0 Å². The number of nitrogens with zero attached hydrogens (tertiary/aromatic N) is 2. The summed E-state index contributed by atoms with van der Waals surface area (Å²) in [7, 11) is 0. The van der Waals surface area contributed by atoms with Crippen molar-refractivity contribution >= 4 is 21.7 Å². The van der Waals surface area contributed by atoms with Gasteiger partial charge in [-0.3, -0.25) is 14.7 Å². The topological polar surface area (TPSA) is 45.2 Å². The normalized spacial score (nSPS) is 35.3. The Labute approximate surface area is 162 Å². The second-order valence-electron chi connectivity index (χ2n) is 7.68. The van der Waals surface area contributed by atoms with Crippen LogP contribution in [0.4, 0.5) is 0 Å². The smallest absolute Gasteiger partial charge is 0.186 e. The molecule has 3 unspecified atom stereocenters. The molecule has 0 amide bonds. The molecule has 4 saturated heterocycles. The van der Waals surface area contributed by atoms with Crippen molar-refractivity contribution in [3.63, 3.8) is 0 Å². The van der Waals surface area contributed by atoms with Gasteiger partial charge in [-0.2, -0.15) is 0 Å². The molecule has 1 aromatic heterocycles. The van der Waals surface area contributed by atoms with Crippen LogP contribution in [0.2, 0.25) is 0 Å². The summed E-state index contributed by atoms with van der Waals surface area (Å²) in [6.45, 7) is 2.85. The van der Waals surface area contributed by atoms with E-state index < -0.39 is 5.54 Å². The first-order chi connectivity index (χ1) is 12.7. The molecule has 26 heavy (non-hydrogen) atoms. The number of fused-ring (bicyclic) bond motifs is 2. The average molecular weight is 412 g/mol. The molecule has 134 valence electrons. The van der Waals surface area contributed by atoms with E-state index in [1.165, 1.54) is 12.8 Å². The number of aromatic nitrogens is 1. The number of rotatable bonds is 3. The Balaban J connectivity index is 1.69. The number of carbonyl (C=O) groups excluding carboxylic acids is 1. The van der Waals surface area contributed by atoms with Gasteiger partial charge in [0.05, 0.1) is 0 Å². The Morgan fingerprint density at radius 1 is 1.19 bits per heavy atom. The first kappa shape index (κ1) is 16.6. The zero-order valence-corrected chi connectivity index (χ0v) is 16.2. The van der Waals surface area contributed by atoms with E-state index in [0.717, 1.165) is 35.2 Å². The Morgan fingerprint density at radius 3 is 2.73 bits per heavy atom. The first-order valence-corrected chi connectivity index (χ1v) is 10.2. The predicted molar refractivity (Wildman–Crippen MR) is 104 cm³/mol. The highest BCUT2D eigenvalue weighted by molar-refractivity contribution is 9.10. The number of hydrogen-bond donors (Lipinski definition) is 1. The fourth-order valence-electron chi connectivity index (χ4n) is 5.58. The van der Waals surface area contributed by atoms with E-state index >= 15 is 0 Å². The van der Waals surface area contributed by atoms with Gasteiger partial charge in [0.15, 0.2) is 5.78 Å². The molecule has 4 nitrogen and oxygen atoms in total. The molecule has 5 heterocycles. The van der Waals surface area contributed by atoms with E-state index in [4.69, 9.17) is 0 Å². The molecule has 0 radical (unpaired) electrons. The lowest BCUT2D eigenvalue weighted by Gasteiger charge is -2.57. The van der Waals surface area contributed by atoms with Crippen molar-refractivity contribution in [3.05, 3.63) is 64.4 Å². The van der Waals surface area contributed by atoms with Crippen molar-refractivity contribution in [1.29, 1.82) is 0 Å². The van der Waals surface area contributed by atoms with Gasteiger partial charge in [-0.15, -0.1) is 0 Å². The monoisotopic (exact) mass is 411 g/mol. The van der Waals surface area contributed by atoms with Gasteiger partial charge in [0, 0.05) is 40.9 Å². The summed E-state index contributed by atoms with van der Waals surface area (Å²) < 4.78 is 0.887. The summed E-state index contributed by atoms with van der Waals surface area (Å²) in [4.78, 5) is 20.9. The molecule has 1 aromatic carbocycles. The van der Waals surface area contributed by atoms with Crippen molar-refractivity contribution in [2.75, 3.05) is 19.6 Å². The van der Waals surface area contributed by atoms with E-state index in [1.807, 2.05) is 36.5 Å². The van der Waals surface area contributed by atoms with Crippen LogP contribution >= 0.6 is 15.9 Å². The van der Waals surface area contributed by atoms with Crippen molar-refractivity contribution in [3.8, 4) is 0 Å². The summed E-state index contributed by atoms with van der Waals surface area (Å²) in [5, 5.41) is 3.74. The Morgan fingerprint density at radius 2 is 2.00 bits per heavy atom. The Hall–Kier alpha value is -1.56. The number of nitrogens with one attached hydrogen (secondary N) is 1. The molecular weight excluding hydrogens is 390 g/mol. The third-order valence-electron chi connectivity index (χ3n) is 6.65. The number of ketones is 1. The average Bonchev–Trinajstić information content (AvgIpc) is 3.13. The van der Waals surface area contributed by atoms with Gasteiger partial charge in [0.1, 0.15) is 5.54 Å². The lowest BCUT2D eigenvalue weighted by molar-refractivity contribution is -0.0313. The maximum atomic E-state index is 14.1. The largest absolute Gasteiger partial charge is 0.311 e. The van der Waals surface area contributed by atoms with E-state index in [-0.39, 0.29) is 17.7 Å². The predicted octanol–water partition coefficient (Wildman–Crippen LogP) is 3.25. The van der Waals surface area contributed by atoms with Gasteiger partial charge in [0.25, 0.3) is 0 Å². The highest BCUT2D eigenvalue weighted by Crippen LogP contribution is 2.52. The van der Waals surface area contributed by atoms with E-state index in [2.05, 4.69) is 37.2 Å². The highest BCUT2D eigenvalue weighted by Gasteiger charge is 2.65. The molecule has 4 aliphatic heterocycles. The van der Waals surface area contributed by atoms with Crippen LogP contribution in [-0.2, 0) is 0 Å². The second-order valence-corrected chi connectivity index (χ2v) is 8.54. The van der Waals surface area contributed by atoms with Crippen LogP contribution in [0.1, 0.15) is 34.7 Å². The van der Waals surface area contributed by atoms with Crippen LogP contribution in [0.3, 0.4) is 0 Å². The summed E-state index contributed by atoms with van der Waals surface area (Å²) in [6, 6.07) is 12.2. The maximum absolute atomic E-state index is 14.1. The zero-order valence-electron chi connectivity index (χ0n) is 14.6. The molecule has 4 fully saturated rings. The molecule has 0 spiro atoms. The van der Waals surface area contributed by atoms with Crippen LogP contribution in [0, 0.1) is 5.92 Å². The lowest BCUT2D eigenvalue weighted by atomic mass is 9.63. The lowest BCUT2D eigenvalue weighted by Crippen LogP contribution is -2.72. The minimum absolute atomic E-state index is 0.129. The Bertz CT molecular complexity index is 834. The standard InChI is InChI=1S/C21H22BrN3O/c22-18-6-2-1-5-16(18)20(26)21-17(15-4-3-9-23-12-15)13-24-19(21)14-7-10-25(21)11-8-14/h1-6,9,12,14,17,19,24H,7-8,10-11,13H2. The van der Waals surface area contributed by atoms with Crippen molar-refractivity contribution in [2.45, 2.75) is 30.3 Å². The number of benzene rings is 1. The highest BCUT2D eigenvalue weighted by atomic mass is 79.9. The second kappa shape index (κ2) is 6.25. The number of piperidine rings is 3. The SMILES string of the molecule is O=C(c1ccccc1Br)C12C(c3cccnc3)CNC1C1CCN2CC1. The minimum Gasteiger partial charge on any atom is -0.311 e. The third kappa shape index (κ3) is 2.20. The summed E-state index contributed by atoms with van der Waals surface area (Å²) in [5.74, 6) is 0.954. The molecule has 0 saturated carbocycles. The zero-order chi connectivity index (χ0) is 17.7.